The van der Waals surface area contributed by atoms with Crippen LogP contribution in [0.2, 0.25) is 0 Å². The number of benzene rings is 2. The molecule has 1 aliphatic rings. The number of hydrogen-bond donors (Lipinski definition) is 2. The highest BCUT2D eigenvalue weighted by Crippen LogP contribution is 2.41. The van der Waals surface area contributed by atoms with E-state index in [0.717, 1.165) is 35.1 Å². The molecule has 0 unspecified atom stereocenters. The minimum absolute atomic E-state index is 0.0534. The standard InChI is InChI=1S/C42H66N2O2/c1-38(2,3)30-21-28(35(45)32(23-30)40(7,8)9)25-43-34(27-19-17-16-18-20-27)37(42(13,14)15)44-26-29-22-31(39(4,5)6)24-33(36(29)46)41(10,11)12/h21-27,34,37,45-46H,16-20H2,1-15H3/t34-,37+/m0/s1. The fraction of sp³-hybridized carbons (Fsp3) is 0.667. The second-order valence-electron chi connectivity index (χ2n) is 19.2. The van der Waals surface area contributed by atoms with Gasteiger partial charge in [0.15, 0.2) is 0 Å². The summed E-state index contributed by atoms with van der Waals surface area (Å²) >= 11 is 0. The Morgan fingerprint density at radius 3 is 1.30 bits per heavy atom. The quantitative estimate of drug-likeness (QED) is 0.312. The molecule has 3 rings (SSSR count). The summed E-state index contributed by atoms with van der Waals surface area (Å²) in [5, 5.41) is 23.1. The van der Waals surface area contributed by atoms with Crippen molar-refractivity contribution in [3.63, 3.8) is 0 Å². The smallest absolute Gasteiger partial charge is 0.128 e. The molecule has 0 radical (unpaired) electrons. The van der Waals surface area contributed by atoms with Gasteiger partial charge in [-0.15, -0.1) is 0 Å². The van der Waals surface area contributed by atoms with E-state index >= 15 is 0 Å². The molecule has 4 heteroatoms. The first-order valence-corrected chi connectivity index (χ1v) is 17.6. The van der Waals surface area contributed by atoms with E-state index in [4.69, 9.17) is 9.98 Å². The van der Waals surface area contributed by atoms with Gasteiger partial charge in [-0.25, -0.2) is 0 Å². The highest BCUT2D eigenvalue weighted by molar-refractivity contribution is 5.86. The lowest BCUT2D eigenvalue weighted by atomic mass is 9.73. The minimum atomic E-state index is -0.207. The predicted octanol–water partition coefficient (Wildman–Crippen LogP) is 11.2. The summed E-state index contributed by atoms with van der Waals surface area (Å²) in [4.78, 5) is 10.7. The van der Waals surface area contributed by atoms with E-state index < -0.39 is 0 Å². The maximum atomic E-state index is 11.6. The highest BCUT2D eigenvalue weighted by Gasteiger charge is 2.37. The van der Waals surface area contributed by atoms with Crippen molar-refractivity contribution in [2.45, 2.75) is 170 Å². The Morgan fingerprint density at radius 1 is 0.565 bits per heavy atom. The van der Waals surface area contributed by atoms with Crippen molar-refractivity contribution < 1.29 is 10.2 Å². The molecule has 2 aromatic carbocycles. The Bertz CT molecular complexity index is 1410. The van der Waals surface area contributed by atoms with Crippen LogP contribution in [0.4, 0.5) is 0 Å². The van der Waals surface area contributed by atoms with Gasteiger partial charge in [-0.05, 0) is 69.1 Å². The molecule has 2 N–H and O–H groups in total. The summed E-state index contributed by atoms with van der Waals surface area (Å²) in [6.45, 7) is 33.0. The third-order valence-corrected chi connectivity index (χ3v) is 9.73. The molecule has 0 amide bonds. The first kappa shape index (κ1) is 37.8. The average molecular weight is 631 g/mol. The molecule has 46 heavy (non-hydrogen) atoms. The SMILES string of the molecule is CC(C)(C)c1cc(C=N[C@H]([C@@H](N=Cc2cc(C(C)(C)C)cc(C(C)(C)C)c2O)C2CCCCC2)C(C)(C)C)c(O)c(C(C)(C)C)c1. The summed E-state index contributed by atoms with van der Waals surface area (Å²) in [6, 6.07) is 8.38. The van der Waals surface area contributed by atoms with E-state index in [9.17, 15) is 10.2 Å². The van der Waals surface area contributed by atoms with Crippen molar-refractivity contribution in [2.75, 3.05) is 0 Å². The first-order valence-electron chi connectivity index (χ1n) is 17.6. The molecule has 1 aliphatic carbocycles. The summed E-state index contributed by atoms with van der Waals surface area (Å²) in [6.07, 6.45) is 9.79. The van der Waals surface area contributed by atoms with Crippen LogP contribution in [0.25, 0.3) is 0 Å². The van der Waals surface area contributed by atoms with Crippen LogP contribution in [0.3, 0.4) is 0 Å². The van der Waals surface area contributed by atoms with Gasteiger partial charge in [0.05, 0.1) is 12.1 Å². The van der Waals surface area contributed by atoms with Crippen LogP contribution in [0.15, 0.2) is 34.3 Å². The number of aromatic hydroxyl groups is 2. The predicted molar refractivity (Wildman–Crippen MR) is 200 cm³/mol. The number of aliphatic imine (C=N–C) groups is 2. The van der Waals surface area contributed by atoms with Crippen LogP contribution in [0.1, 0.15) is 169 Å². The van der Waals surface area contributed by atoms with Crippen LogP contribution < -0.4 is 0 Å². The van der Waals surface area contributed by atoms with Crippen molar-refractivity contribution in [1.29, 1.82) is 0 Å². The molecular formula is C42H66N2O2. The summed E-state index contributed by atoms with van der Waals surface area (Å²) in [5.74, 6) is 1.04. The summed E-state index contributed by atoms with van der Waals surface area (Å²) < 4.78 is 0. The summed E-state index contributed by atoms with van der Waals surface area (Å²) in [5.41, 5.74) is 5.11. The van der Waals surface area contributed by atoms with Gasteiger partial charge in [0.1, 0.15) is 11.5 Å². The fourth-order valence-corrected chi connectivity index (χ4v) is 6.61. The number of phenolic OH excluding ortho intramolecular Hbond substituents is 2. The lowest BCUT2D eigenvalue weighted by Crippen LogP contribution is -2.41. The molecule has 0 spiro atoms. The average Bonchev–Trinajstić information content (AvgIpc) is 2.89. The molecule has 0 aliphatic heterocycles. The van der Waals surface area contributed by atoms with E-state index in [-0.39, 0.29) is 39.2 Å². The van der Waals surface area contributed by atoms with Gasteiger partial charge in [-0.3, -0.25) is 9.98 Å². The normalized spacial score (nSPS) is 17.6. The second kappa shape index (κ2) is 13.5. The molecule has 0 saturated heterocycles. The van der Waals surface area contributed by atoms with Crippen molar-refractivity contribution in [3.05, 3.63) is 57.6 Å². The first-order chi connectivity index (χ1) is 20.8. The van der Waals surface area contributed by atoms with Crippen LogP contribution in [-0.2, 0) is 21.7 Å². The van der Waals surface area contributed by atoms with Crippen LogP contribution in [-0.4, -0.2) is 34.7 Å². The summed E-state index contributed by atoms with van der Waals surface area (Å²) in [7, 11) is 0. The topological polar surface area (TPSA) is 65.2 Å². The van der Waals surface area contributed by atoms with Crippen molar-refractivity contribution in [2.24, 2.45) is 21.3 Å². The number of hydrogen-bond acceptors (Lipinski definition) is 4. The molecule has 2 atom stereocenters. The van der Waals surface area contributed by atoms with Gasteiger partial charge >= 0.3 is 0 Å². The lowest BCUT2D eigenvalue weighted by molar-refractivity contribution is 0.206. The van der Waals surface area contributed by atoms with Gasteiger partial charge < -0.3 is 10.2 Å². The van der Waals surface area contributed by atoms with Crippen LogP contribution in [0, 0.1) is 11.3 Å². The number of rotatable bonds is 6. The van der Waals surface area contributed by atoms with Crippen LogP contribution in [0.5, 0.6) is 11.5 Å². The zero-order valence-corrected chi connectivity index (χ0v) is 32.0. The Morgan fingerprint density at radius 2 is 0.957 bits per heavy atom. The molecule has 256 valence electrons. The monoisotopic (exact) mass is 631 g/mol. The van der Waals surface area contributed by atoms with E-state index in [2.05, 4.69) is 128 Å². The molecule has 0 heterocycles. The lowest BCUT2D eigenvalue weighted by Gasteiger charge is -2.38. The van der Waals surface area contributed by atoms with Crippen molar-refractivity contribution in [1.82, 2.24) is 0 Å². The molecule has 0 aromatic heterocycles. The zero-order valence-electron chi connectivity index (χ0n) is 32.0. The molecular weight excluding hydrogens is 564 g/mol. The van der Waals surface area contributed by atoms with E-state index in [1.54, 1.807) is 0 Å². The Kier molecular flexibility index (Phi) is 11.1. The van der Waals surface area contributed by atoms with E-state index in [1.165, 1.54) is 30.4 Å². The molecule has 1 fully saturated rings. The van der Waals surface area contributed by atoms with E-state index in [1.807, 2.05) is 12.4 Å². The minimum Gasteiger partial charge on any atom is -0.507 e. The zero-order chi connectivity index (χ0) is 35.0. The van der Waals surface area contributed by atoms with Gasteiger partial charge in [0.25, 0.3) is 0 Å². The fourth-order valence-electron chi connectivity index (χ4n) is 6.61. The maximum absolute atomic E-state index is 11.6. The second-order valence-corrected chi connectivity index (χ2v) is 19.2. The third-order valence-electron chi connectivity index (χ3n) is 9.73. The van der Waals surface area contributed by atoms with Crippen molar-refractivity contribution in [3.8, 4) is 11.5 Å². The molecule has 4 nitrogen and oxygen atoms in total. The van der Waals surface area contributed by atoms with Crippen molar-refractivity contribution >= 4 is 12.4 Å². The van der Waals surface area contributed by atoms with Gasteiger partial charge in [-0.2, -0.15) is 0 Å². The molecule has 2 aromatic rings. The number of nitrogens with zero attached hydrogens (tertiary/aromatic N) is 2. The third kappa shape index (κ3) is 9.26. The Labute approximate surface area is 282 Å². The Hall–Kier alpha value is -2.62. The van der Waals surface area contributed by atoms with Gasteiger partial charge in [0.2, 0.25) is 0 Å². The number of phenols is 2. The van der Waals surface area contributed by atoms with Crippen LogP contribution >= 0.6 is 0 Å². The largest absolute Gasteiger partial charge is 0.507 e. The van der Waals surface area contributed by atoms with Gasteiger partial charge in [-0.1, -0.05) is 135 Å². The Balaban J connectivity index is 2.21. The molecule has 0 bridgehead atoms. The van der Waals surface area contributed by atoms with E-state index in [0.29, 0.717) is 17.4 Å². The molecule has 1 saturated carbocycles. The maximum Gasteiger partial charge on any atom is 0.128 e. The highest BCUT2D eigenvalue weighted by atomic mass is 16.3. The van der Waals surface area contributed by atoms with Gasteiger partial charge in [0, 0.05) is 34.7 Å².